The zero-order valence-electron chi connectivity index (χ0n) is 9.29. The summed E-state index contributed by atoms with van der Waals surface area (Å²) in [4.78, 5) is 10.7. The Bertz CT molecular complexity index is 696. The van der Waals surface area contributed by atoms with Crippen LogP contribution in [0.25, 0.3) is 16.8 Å². The van der Waals surface area contributed by atoms with Crippen LogP contribution in [0, 0.1) is 11.3 Å². The molecular formula is C14H9NO3. The molecular weight excluding hydrogens is 230 g/mol. The molecule has 0 unspecified atom stereocenters. The molecule has 2 N–H and O–H groups in total. The van der Waals surface area contributed by atoms with Gasteiger partial charge in [0.2, 0.25) is 0 Å². The summed E-state index contributed by atoms with van der Waals surface area (Å²) in [6.45, 7) is 0. The van der Waals surface area contributed by atoms with Gasteiger partial charge in [-0.15, -0.1) is 0 Å². The second-order valence-electron chi connectivity index (χ2n) is 3.74. The fraction of sp³-hybridized carbons (Fsp3) is 0. The number of aliphatic carboxylic acids is 1. The molecule has 0 amide bonds. The van der Waals surface area contributed by atoms with Crippen molar-refractivity contribution in [1.29, 1.82) is 5.26 Å². The number of carboxylic acid groups (broad SMARTS) is 1. The number of hydrogen-bond donors (Lipinski definition) is 2. The third kappa shape index (κ3) is 2.15. The quantitative estimate of drug-likeness (QED) is 0.623. The fourth-order valence-corrected chi connectivity index (χ4v) is 1.70. The molecule has 0 aromatic heterocycles. The minimum Gasteiger partial charge on any atom is -0.507 e. The van der Waals surface area contributed by atoms with Crippen LogP contribution in [0.15, 0.2) is 42.0 Å². The lowest BCUT2D eigenvalue weighted by Gasteiger charge is -2.03. The first kappa shape index (κ1) is 11.7. The van der Waals surface area contributed by atoms with E-state index < -0.39 is 5.97 Å². The molecule has 0 saturated carbocycles. The van der Waals surface area contributed by atoms with Gasteiger partial charge in [-0.05, 0) is 29.2 Å². The molecule has 18 heavy (non-hydrogen) atoms. The van der Waals surface area contributed by atoms with Crippen LogP contribution in [0.4, 0.5) is 0 Å². The summed E-state index contributed by atoms with van der Waals surface area (Å²) in [5, 5.41) is 28.7. The van der Waals surface area contributed by atoms with E-state index in [4.69, 9.17) is 10.4 Å². The van der Waals surface area contributed by atoms with Gasteiger partial charge in [0.05, 0.1) is 0 Å². The van der Waals surface area contributed by atoms with Gasteiger partial charge in [0.1, 0.15) is 17.4 Å². The van der Waals surface area contributed by atoms with Crippen molar-refractivity contribution in [1.82, 2.24) is 0 Å². The maximum atomic E-state index is 10.7. The van der Waals surface area contributed by atoms with Crippen molar-refractivity contribution in [3.05, 3.63) is 47.5 Å². The Balaban J connectivity index is 2.61. The summed E-state index contributed by atoms with van der Waals surface area (Å²) in [6.07, 6.45) is 1.23. The first-order chi connectivity index (χ1) is 8.61. The van der Waals surface area contributed by atoms with Crippen molar-refractivity contribution in [2.75, 3.05) is 0 Å². The summed E-state index contributed by atoms with van der Waals surface area (Å²) >= 11 is 0. The second kappa shape index (κ2) is 4.60. The Kier molecular flexibility index (Phi) is 2.98. The van der Waals surface area contributed by atoms with E-state index in [2.05, 4.69) is 0 Å². The predicted molar refractivity (Wildman–Crippen MR) is 66.8 cm³/mol. The van der Waals surface area contributed by atoms with E-state index in [1.165, 1.54) is 12.1 Å². The first-order valence-corrected chi connectivity index (χ1v) is 5.18. The Labute approximate surface area is 103 Å². The smallest absolute Gasteiger partial charge is 0.346 e. The van der Waals surface area contributed by atoms with Gasteiger partial charge in [-0.25, -0.2) is 4.79 Å². The molecule has 0 spiro atoms. The maximum absolute atomic E-state index is 10.7. The SMILES string of the molecule is N#C/C(=C\c1cc(O)c2ccccc2c1)C(=O)O. The van der Waals surface area contributed by atoms with Gasteiger partial charge in [0, 0.05) is 5.39 Å². The molecule has 0 aliphatic heterocycles. The van der Waals surface area contributed by atoms with Crippen LogP contribution in [-0.4, -0.2) is 16.2 Å². The fourth-order valence-electron chi connectivity index (χ4n) is 1.70. The Morgan fingerprint density at radius 2 is 2.00 bits per heavy atom. The Morgan fingerprint density at radius 1 is 1.28 bits per heavy atom. The number of phenols is 1. The van der Waals surface area contributed by atoms with Crippen LogP contribution in [-0.2, 0) is 4.79 Å². The zero-order valence-corrected chi connectivity index (χ0v) is 9.29. The van der Waals surface area contributed by atoms with E-state index in [-0.39, 0.29) is 11.3 Å². The van der Waals surface area contributed by atoms with Crippen molar-refractivity contribution in [3.8, 4) is 11.8 Å². The summed E-state index contributed by atoms with van der Waals surface area (Å²) in [6, 6.07) is 11.9. The molecule has 0 aliphatic rings. The maximum Gasteiger partial charge on any atom is 0.346 e. The first-order valence-electron chi connectivity index (χ1n) is 5.18. The molecule has 0 atom stereocenters. The largest absolute Gasteiger partial charge is 0.507 e. The number of aromatic hydroxyl groups is 1. The van der Waals surface area contributed by atoms with Gasteiger partial charge in [0.25, 0.3) is 0 Å². The van der Waals surface area contributed by atoms with E-state index in [1.807, 2.05) is 6.07 Å². The summed E-state index contributed by atoms with van der Waals surface area (Å²) < 4.78 is 0. The number of benzene rings is 2. The molecule has 2 aromatic carbocycles. The molecule has 4 nitrogen and oxygen atoms in total. The monoisotopic (exact) mass is 239 g/mol. The van der Waals surface area contributed by atoms with Crippen LogP contribution in [0.1, 0.15) is 5.56 Å². The van der Waals surface area contributed by atoms with Gasteiger partial charge in [0.15, 0.2) is 0 Å². The topological polar surface area (TPSA) is 81.3 Å². The lowest BCUT2D eigenvalue weighted by atomic mass is 10.0. The minimum absolute atomic E-state index is 0.0574. The molecule has 0 heterocycles. The molecule has 4 heteroatoms. The predicted octanol–water partition coefficient (Wildman–Crippen LogP) is 2.54. The number of phenolic OH excluding ortho intramolecular Hbond substituents is 1. The summed E-state index contributed by atoms with van der Waals surface area (Å²) in [5.74, 6) is -1.23. The molecule has 0 radical (unpaired) electrons. The van der Waals surface area contributed by atoms with Crippen LogP contribution in [0.5, 0.6) is 5.75 Å². The van der Waals surface area contributed by atoms with Crippen molar-refractivity contribution >= 4 is 22.8 Å². The van der Waals surface area contributed by atoms with Crippen LogP contribution < -0.4 is 0 Å². The van der Waals surface area contributed by atoms with Crippen molar-refractivity contribution in [2.45, 2.75) is 0 Å². The van der Waals surface area contributed by atoms with Gasteiger partial charge in [-0.2, -0.15) is 5.26 Å². The van der Waals surface area contributed by atoms with Crippen molar-refractivity contribution in [2.24, 2.45) is 0 Å². The van der Waals surface area contributed by atoms with Gasteiger partial charge in [-0.3, -0.25) is 0 Å². The highest BCUT2D eigenvalue weighted by atomic mass is 16.4. The number of carbonyl (C=O) groups is 1. The number of nitriles is 1. The Hall–Kier alpha value is -2.80. The van der Waals surface area contributed by atoms with E-state index >= 15 is 0 Å². The highest BCUT2D eigenvalue weighted by Gasteiger charge is 2.07. The average Bonchev–Trinajstić information content (AvgIpc) is 2.35. The average molecular weight is 239 g/mol. The molecule has 2 aromatic rings. The molecule has 0 aliphatic carbocycles. The highest BCUT2D eigenvalue weighted by Crippen LogP contribution is 2.27. The molecule has 88 valence electrons. The van der Waals surface area contributed by atoms with Crippen molar-refractivity contribution < 1.29 is 15.0 Å². The van der Waals surface area contributed by atoms with Crippen molar-refractivity contribution in [3.63, 3.8) is 0 Å². The zero-order chi connectivity index (χ0) is 13.1. The summed E-state index contributed by atoms with van der Waals surface area (Å²) in [5.41, 5.74) is 0.106. The van der Waals surface area contributed by atoms with Crippen LogP contribution in [0.2, 0.25) is 0 Å². The number of nitrogens with zero attached hydrogens (tertiary/aromatic N) is 1. The third-order valence-corrected chi connectivity index (χ3v) is 2.52. The van der Waals surface area contributed by atoms with E-state index in [1.54, 1.807) is 30.3 Å². The lowest BCUT2D eigenvalue weighted by Crippen LogP contribution is -1.97. The molecule has 0 bridgehead atoms. The summed E-state index contributed by atoms with van der Waals surface area (Å²) in [7, 11) is 0. The Morgan fingerprint density at radius 3 is 2.67 bits per heavy atom. The number of hydrogen-bond acceptors (Lipinski definition) is 3. The van der Waals surface area contributed by atoms with E-state index in [0.717, 1.165) is 5.39 Å². The standard InChI is InChI=1S/C14H9NO3/c15-8-11(14(17)18)6-9-5-10-3-1-2-4-12(10)13(16)7-9/h1-7,16H,(H,17,18)/b11-6+. The molecule has 2 rings (SSSR count). The number of rotatable bonds is 2. The normalized spacial score (nSPS) is 11.2. The van der Waals surface area contributed by atoms with Gasteiger partial charge >= 0.3 is 5.97 Å². The van der Waals surface area contributed by atoms with Crippen LogP contribution >= 0.6 is 0 Å². The highest BCUT2D eigenvalue weighted by molar-refractivity contribution is 5.98. The lowest BCUT2D eigenvalue weighted by molar-refractivity contribution is -0.132. The second-order valence-corrected chi connectivity index (χ2v) is 3.74. The molecule has 0 saturated heterocycles. The minimum atomic E-state index is -1.29. The van der Waals surface area contributed by atoms with E-state index in [0.29, 0.717) is 10.9 Å². The third-order valence-electron chi connectivity index (χ3n) is 2.52. The van der Waals surface area contributed by atoms with Gasteiger partial charge < -0.3 is 10.2 Å². The van der Waals surface area contributed by atoms with E-state index in [9.17, 15) is 9.90 Å². The number of fused-ring (bicyclic) bond motifs is 1. The molecule has 0 fully saturated rings. The van der Waals surface area contributed by atoms with Gasteiger partial charge in [-0.1, -0.05) is 24.3 Å². The van der Waals surface area contributed by atoms with Crippen LogP contribution in [0.3, 0.4) is 0 Å². The number of carboxylic acids is 1.